The van der Waals surface area contributed by atoms with Gasteiger partial charge >= 0.3 is 0 Å². The molecule has 0 spiro atoms. The van der Waals surface area contributed by atoms with E-state index in [-0.39, 0.29) is 0 Å². The predicted molar refractivity (Wildman–Crippen MR) is 222 cm³/mol. The summed E-state index contributed by atoms with van der Waals surface area (Å²) in [7, 11) is 0. The first kappa shape index (κ1) is 39.2. The second kappa shape index (κ2) is 21.8. The lowest BCUT2D eigenvalue weighted by Gasteiger charge is -2.11. The van der Waals surface area contributed by atoms with Crippen LogP contribution in [0.3, 0.4) is 0 Å². The third kappa shape index (κ3) is 9.33. The fourth-order valence-corrected chi connectivity index (χ4v) is 5.81. The lowest BCUT2D eigenvalue weighted by Crippen LogP contribution is -1.87. The molecule has 48 heavy (non-hydrogen) atoms. The second-order valence-electron chi connectivity index (χ2n) is 10.1. The Morgan fingerprint density at radius 2 is 0.312 bits per heavy atom. The highest BCUT2D eigenvalue weighted by Gasteiger charge is 2.07. The monoisotopic (exact) mass is 632 g/mol. The zero-order valence-corrected chi connectivity index (χ0v) is 31.0. The summed E-state index contributed by atoms with van der Waals surface area (Å²) < 4.78 is 0. The summed E-state index contributed by atoms with van der Waals surface area (Å²) in [6.45, 7) is 20.4. The second-order valence-corrected chi connectivity index (χ2v) is 10.1. The molecule has 0 bridgehead atoms. The van der Waals surface area contributed by atoms with Crippen LogP contribution in [0.1, 0.15) is 66.5 Å². The average Bonchev–Trinajstić information content (AvgIpc) is 3.21. The maximum atomic E-state index is 2.21. The van der Waals surface area contributed by atoms with Gasteiger partial charge in [0.05, 0.1) is 0 Å². The van der Waals surface area contributed by atoms with Gasteiger partial charge in [-0.15, -0.1) is 0 Å². The SMILES string of the molecule is CC.CC.CC.CC.Cc1c2ccccc2c(C)c2ccccc12.c1ccc2c(c1)c1ccccc1c1ccccc21.c1ccccc1. The fourth-order valence-electron chi connectivity index (χ4n) is 5.81. The van der Waals surface area contributed by atoms with E-state index in [0.29, 0.717) is 0 Å². The molecular formula is C48H56. The quantitative estimate of drug-likeness (QED) is 0.115. The van der Waals surface area contributed by atoms with E-state index in [9.17, 15) is 0 Å². The van der Waals surface area contributed by atoms with Crippen LogP contribution in [-0.4, -0.2) is 0 Å². The molecule has 0 unspecified atom stereocenters. The summed E-state index contributed by atoms with van der Waals surface area (Å²) in [4.78, 5) is 0. The number of aryl methyl sites for hydroxylation is 2. The number of fused-ring (bicyclic) bond motifs is 8. The Morgan fingerprint density at radius 1 is 0.188 bits per heavy atom. The molecule has 0 N–H and O–H groups in total. The molecule has 0 nitrogen and oxygen atoms in total. The van der Waals surface area contributed by atoms with Crippen molar-refractivity contribution in [3.05, 3.63) is 169 Å². The van der Waals surface area contributed by atoms with Gasteiger partial charge in [-0.25, -0.2) is 0 Å². The molecule has 8 rings (SSSR count). The first-order valence-corrected chi connectivity index (χ1v) is 17.9. The van der Waals surface area contributed by atoms with Crippen molar-refractivity contribution in [3.8, 4) is 0 Å². The molecule has 0 saturated carbocycles. The van der Waals surface area contributed by atoms with Crippen molar-refractivity contribution in [2.24, 2.45) is 0 Å². The van der Waals surface area contributed by atoms with Crippen LogP contribution in [0.15, 0.2) is 158 Å². The first-order valence-electron chi connectivity index (χ1n) is 17.9. The average molecular weight is 633 g/mol. The molecule has 0 aliphatic rings. The van der Waals surface area contributed by atoms with E-state index in [4.69, 9.17) is 0 Å². The lowest BCUT2D eigenvalue weighted by molar-refractivity contribution is 1.50. The minimum Gasteiger partial charge on any atom is -0.0683 e. The Morgan fingerprint density at radius 3 is 0.458 bits per heavy atom. The van der Waals surface area contributed by atoms with Gasteiger partial charge in [-0.1, -0.05) is 213 Å². The van der Waals surface area contributed by atoms with Crippen molar-refractivity contribution in [1.82, 2.24) is 0 Å². The Labute approximate surface area is 291 Å². The van der Waals surface area contributed by atoms with Crippen LogP contribution in [0.25, 0.3) is 53.9 Å². The van der Waals surface area contributed by atoms with Crippen LogP contribution in [0.4, 0.5) is 0 Å². The van der Waals surface area contributed by atoms with Gasteiger partial charge in [0, 0.05) is 0 Å². The van der Waals surface area contributed by atoms with E-state index in [1.165, 1.54) is 65.0 Å². The Kier molecular flexibility index (Phi) is 17.8. The molecule has 0 heteroatoms. The maximum absolute atomic E-state index is 2.21. The van der Waals surface area contributed by atoms with E-state index in [0.717, 1.165) is 0 Å². The molecular weight excluding hydrogens is 577 g/mol. The minimum absolute atomic E-state index is 1.34. The van der Waals surface area contributed by atoms with Crippen LogP contribution in [0.5, 0.6) is 0 Å². The minimum atomic E-state index is 1.34. The maximum Gasteiger partial charge on any atom is -0.00990 e. The van der Waals surface area contributed by atoms with Gasteiger partial charge in [0.15, 0.2) is 0 Å². The Balaban J connectivity index is 0.000000244. The van der Waals surface area contributed by atoms with E-state index >= 15 is 0 Å². The largest absolute Gasteiger partial charge is 0.0683 e. The Hall–Kier alpha value is -4.94. The Bertz CT molecular complexity index is 1700. The molecule has 0 saturated heterocycles. The van der Waals surface area contributed by atoms with Crippen molar-refractivity contribution in [3.63, 3.8) is 0 Å². The molecule has 0 amide bonds. The summed E-state index contributed by atoms with van der Waals surface area (Å²) in [5, 5.41) is 13.5. The number of hydrogen-bond acceptors (Lipinski definition) is 0. The molecule has 0 aromatic heterocycles. The molecule has 8 aromatic carbocycles. The van der Waals surface area contributed by atoms with Crippen LogP contribution in [-0.2, 0) is 0 Å². The highest BCUT2D eigenvalue weighted by atomic mass is 14.1. The molecule has 248 valence electrons. The van der Waals surface area contributed by atoms with Gasteiger partial charge in [-0.05, 0) is 78.8 Å². The first-order chi connectivity index (χ1) is 23.7. The van der Waals surface area contributed by atoms with Crippen LogP contribution >= 0.6 is 0 Å². The van der Waals surface area contributed by atoms with E-state index < -0.39 is 0 Å². The van der Waals surface area contributed by atoms with Crippen molar-refractivity contribution < 1.29 is 0 Å². The van der Waals surface area contributed by atoms with Crippen LogP contribution < -0.4 is 0 Å². The third-order valence-corrected chi connectivity index (χ3v) is 7.79. The third-order valence-electron chi connectivity index (χ3n) is 7.79. The molecule has 0 radical (unpaired) electrons. The highest BCUT2D eigenvalue weighted by molar-refractivity contribution is 6.25. The summed E-state index contributed by atoms with van der Waals surface area (Å²) >= 11 is 0. The van der Waals surface area contributed by atoms with Crippen LogP contribution in [0.2, 0.25) is 0 Å². The summed E-state index contributed by atoms with van der Waals surface area (Å²) in [6.07, 6.45) is 0. The van der Waals surface area contributed by atoms with Crippen molar-refractivity contribution in [2.75, 3.05) is 0 Å². The predicted octanol–water partition coefficient (Wildman–Crippen LogP) is 15.5. The van der Waals surface area contributed by atoms with Crippen molar-refractivity contribution in [1.29, 1.82) is 0 Å². The normalized spacial score (nSPS) is 9.46. The van der Waals surface area contributed by atoms with Crippen molar-refractivity contribution in [2.45, 2.75) is 69.2 Å². The van der Waals surface area contributed by atoms with Gasteiger partial charge in [-0.2, -0.15) is 0 Å². The van der Waals surface area contributed by atoms with E-state index in [1.807, 2.05) is 91.8 Å². The fraction of sp³-hybridized carbons (Fsp3) is 0.208. The van der Waals surface area contributed by atoms with Crippen LogP contribution in [0, 0.1) is 13.8 Å². The molecule has 0 atom stereocenters. The molecule has 0 aliphatic heterocycles. The summed E-state index contributed by atoms with van der Waals surface area (Å²) in [5.74, 6) is 0. The van der Waals surface area contributed by atoms with Gasteiger partial charge < -0.3 is 0 Å². The lowest BCUT2D eigenvalue weighted by atomic mass is 9.93. The highest BCUT2D eigenvalue weighted by Crippen LogP contribution is 2.34. The molecule has 0 heterocycles. The molecule has 8 aromatic rings. The zero-order valence-electron chi connectivity index (χ0n) is 31.0. The van der Waals surface area contributed by atoms with Gasteiger partial charge in [-0.3, -0.25) is 0 Å². The van der Waals surface area contributed by atoms with E-state index in [2.05, 4.69) is 135 Å². The summed E-state index contributed by atoms with van der Waals surface area (Å²) in [5.41, 5.74) is 2.77. The number of benzene rings is 8. The smallest absolute Gasteiger partial charge is 0.00990 e. The van der Waals surface area contributed by atoms with Gasteiger partial charge in [0.2, 0.25) is 0 Å². The van der Waals surface area contributed by atoms with Gasteiger partial charge in [0.1, 0.15) is 0 Å². The summed E-state index contributed by atoms with van der Waals surface area (Å²) in [6, 6.07) is 55.3. The standard InChI is InChI=1S/C18H12.C16H14.C6H6.4C2H6/c1-2-8-14-13(7-1)15-9-3-4-11-17(15)18-12-6-5-10-16(14)18;1-11-13-7-3-5-9-15(13)12(2)16-10-6-4-8-14(11)16;1-2-4-6-5-3-1;4*1-2/h1-12H;3-10H,1-2H3;1-6H;4*1-2H3. The van der Waals surface area contributed by atoms with E-state index in [1.54, 1.807) is 0 Å². The zero-order chi connectivity index (χ0) is 35.3. The van der Waals surface area contributed by atoms with Gasteiger partial charge in [0.25, 0.3) is 0 Å². The molecule has 0 aliphatic carbocycles. The van der Waals surface area contributed by atoms with Crippen molar-refractivity contribution >= 4 is 53.9 Å². The number of rotatable bonds is 0. The number of hydrogen-bond donors (Lipinski definition) is 0. The molecule has 0 fully saturated rings. The topological polar surface area (TPSA) is 0 Å².